The monoisotopic (exact) mass is 738 g/mol. The summed E-state index contributed by atoms with van der Waals surface area (Å²) in [4.78, 5) is 2.38. The molecule has 0 amide bonds. The first kappa shape index (κ1) is 33.6. The van der Waals surface area contributed by atoms with Crippen molar-refractivity contribution >= 4 is 60.4 Å². The number of benzene rings is 10. The summed E-state index contributed by atoms with van der Waals surface area (Å²) in [5.74, 6) is 0. The number of rotatable bonds is 7. The Hall–Kier alpha value is -7.68. The lowest BCUT2D eigenvalue weighted by molar-refractivity contribution is 1.18. The standard InChI is InChI=1S/C56H38N2/c1-3-13-39(14-4-1)41-27-31-49(32-28-41)57(50-33-29-42(30-34-50)46-26-25-40-15-7-8-16-43(40)35-46)51-22-11-19-47(36-51)52-23-12-24-54-56(52)53-37-44-17-9-10-18-45(44)38-55(53)58(54)48-20-5-2-6-21-48/h1-38H. The van der Waals surface area contributed by atoms with Crippen LogP contribution in [0.5, 0.6) is 0 Å². The molecule has 58 heavy (non-hydrogen) atoms. The van der Waals surface area contributed by atoms with Crippen molar-refractivity contribution < 1.29 is 0 Å². The predicted molar refractivity (Wildman–Crippen MR) is 247 cm³/mol. The highest BCUT2D eigenvalue weighted by Gasteiger charge is 2.19. The maximum absolute atomic E-state index is 2.42. The second kappa shape index (κ2) is 14.1. The number of anilines is 3. The molecule has 0 atom stereocenters. The minimum atomic E-state index is 1.10. The molecule has 0 spiro atoms. The molecule has 0 fully saturated rings. The van der Waals surface area contributed by atoms with E-state index in [2.05, 4.69) is 240 Å². The van der Waals surface area contributed by atoms with Crippen LogP contribution in [0.1, 0.15) is 0 Å². The molecule has 0 aliphatic heterocycles. The highest BCUT2D eigenvalue weighted by atomic mass is 15.1. The maximum Gasteiger partial charge on any atom is 0.0547 e. The number of hydrogen-bond acceptors (Lipinski definition) is 1. The van der Waals surface area contributed by atoms with Gasteiger partial charge in [0.15, 0.2) is 0 Å². The van der Waals surface area contributed by atoms with Gasteiger partial charge < -0.3 is 9.47 Å². The third kappa shape index (κ3) is 5.91. The average molecular weight is 739 g/mol. The van der Waals surface area contributed by atoms with Gasteiger partial charge in [0, 0.05) is 33.5 Å². The number of hydrogen-bond donors (Lipinski definition) is 0. The Kier molecular flexibility index (Phi) is 8.19. The van der Waals surface area contributed by atoms with Gasteiger partial charge in [0.2, 0.25) is 0 Å². The minimum Gasteiger partial charge on any atom is -0.310 e. The molecular weight excluding hydrogens is 701 g/mol. The van der Waals surface area contributed by atoms with Crippen molar-refractivity contribution in [3.8, 4) is 39.1 Å². The largest absolute Gasteiger partial charge is 0.310 e. The summed E-state index contributed by atoms with van der Waals surface area (Å²) >= 11 is 0. The smallest absolute Gasteiger partial charge is 0.0547 e. The third-order valence-corrected chi connectivity index (χ3v) is 11.5. The van der Waals surface area contributed by atoms with Gasteiger partial charge in [-0.3, -0.25) is 0 Å². The highest BCUT2D eigenvalue weighted by Crippen LogP contribution is 2.43. The predicted octanol–water partition coefficient (Wildman–Crippen LogP) is 15.6. The lowest BCUT2D eigenvalue weighted by atomic mass is 9.97. The number of aromatic nitrogens is 1. The number of fused-ring (bicyclic) bond motifs is 5. The molecule has 0 unspecified atom stereocenters. The normalized spacial score (nSPS) is 11.4. The van der Waals surface area contributed by atoms with Crippen LogP contribution in [0.25, 0.3) is 82.4 Å². The van der Waals surface area contributed by atoms with Crippen LogP contribution in [0.4, 0.5) is 17.1 Å². The quantitative estimate of drug-likeness (QED) is 0.158. The lowest BCUT2D eigenvalue weighted by Gasteiger charge is -2.26. The Labute approximate surface area is 338 Å². The molecule has 0 saturated carbocycles. The molecule has 11 aromatic rings. The molecule has 272 valence electrons. The summed E-state index contributed by atoms with van der Waals surface area (Å²) in [7, 11) is 0. The zero-order valence-electron chi connectivity index (χ0n) is 31.8. The first-order chi connectivity index (χ1) is 28.7. The Bertz CT molecular complexity index is 3250. The number of para-hydroxylation sites is 1. The fourth-order valence-electron chi connectivity index (χ4n) is 8.71. The van der Waals surface area contributed by atoms with Crippen molar-refractivity contribution in [1.82, 2.24) is 4.57 Å². The van der Waals surface area contributed by atoms with Crippen LogP contribution < -0.4 is 4.90 Å². The van der Waals surface area contributed by atoms with Crippen LogP contribution in [-0.4, -0.2) is 4.57 Å². The summed E-state index contributed by atoms with van der Waals surface area (Å²) in [6, 6.07) is 83.7. The van der Waals surface area contributed by atoms with Gasteiger partial charge in [-0.1, -0.05) is 158 Å². The van der Waals surface area contributed by atoms with E-state index < -0.39 is 0 Å². The summed E-state index contributed by atoms with van der Waals surface area (Å²) < 4.78 is 2.42. The molecule has 11 rings (SSSR count). The topological polar surface area (TPSA) is 8.17 Å². The van der Waals surface area contributed by atoms with E-state index in [0.29, 0.717) is 0 Å². The minimum absolute atomic E-state index is 1.10. The second-order valence-corrected chi connectivity index (χ2v) is 15.0. The van der Waals surface area contributed by atoms with Crippen LogP contribution in [0, 0.1) is 0 Å². The zero-order valence-corrected chi connectivity index (χ0v) is 31.8. The van der Waals surface area contributed by atoms with Gasteiger partial charge in [-0.2, -0.15) is 0 Å². The van der Waals surface area contributed by atoms with Gasteiger partial charge in [-0.05, 0) is 128 Å². The fourth-order valence-corrected chi connectivity index (χ4v) is 8.71. The Balaban J connectivity index is 1.07. The summed E-state index contributed by atoms with van der Waals surface area (Å²) in [5.41, 5.74) is 14.0. The van der Waals surface area contributed by atoms with Crippen molar-refractivity contribution in [1.29, 1.82) is 0 Å². The van der Waals surface area contributed by atoms with Gasteiger partial charge in [0.05, 0.1) is 11.0 Å². The van der Waals surface area contributed by atoms with E-state index in [4.69, 9.17) is 0 Å². The van der Waals surface area contributed by atoms with Crippen molar-refractivity contribution in [2.24, 2.45) is 0 Å². The molecule has 0 aliphatic rings. The van der Waals surface area contributed by atoms with E-state index in [-0.39, 0.29) is 0 Å². The lowest BCUT2D eigenvalue weighted by Crippen LogP contribution is -2.10. The van der Waals surface area contributed by atoms with E-state index in [9.17, 15) is 0 Å². The molecule has 0 aliphatic carbocycles. The van der Waals surface area contributed by atoms with Crippen LogP contribution in [0.2, 0.25) is 0 Å². The molecule has 1 aromatic heterocycles. The fraction of sp³-hybridized carbons (Fsp3) is 0. The van der Waals surface area contributed by atoms with Crippen molar-refractivity contribution in [3.63, 3.8) is 0 Å². The molecule has 0 bridgehead atoms. The van der Waals surface area contributed by atoms with Crippen molar-refractivity contribution in [2.75, 3.05) is 4.90 Å². The van der Waals surface area contributed by atoms with Crippen LogP contribution in [-0.2, 0) is 0 Å². The summed E-state index contributed by atoms with van der Waals surface area (Å²) in [5, 5.41) is 7.47. The van der Waals surface area contributed by atoms with Crippen molar-refractivity contribution in [2.45, 2.75) is 0 Å². The number of nitrogens with zero attached hydrogens (tertiary/aromatic N) is 2. The van der Waals surface area contributed by atoms with Crippen LogP contribution >= 0.6 is 0 Å². The van der Waals surface area contributed by atoms with E-state index >= 15 is 0 Å². The van der Waals surface area contributed by atoms with Gasteiger partial charge in [0.1, 0.15) is 0 Å². The van der Waals surface area contributed by atoms with Crippen LogP contribution in [0.15, 0.2) is 231 Å². The van der Waals surface area contributed by atoms with Gasteiger partial charge >= 0.3 is 0 Å². The van der Waals surface area contributed by atoms with Gasteiger partial charge in [-0.25, -0.2) is 0 Å². The average Bonchev–Trinajstić information content (AvgIpc) is 3.62. The molecule has 1 heterocycles. The molecule has 2 heteroatoms. The molecule has 2 nitrogen and oxygen atoms in total. The Morgan fingerprint density at radius 1 is 0.293 bits per heavy atom. The molecule has 0 saturated heterocycles. The van der Waals surface area contributed by atoms with Gasteiger partial charge in [0.25, 0.3) is 0 Å². The molecule has 0 N–H and O–H groups in total. The first-order valence-corrected chi connectivity index (χ1v) is 19.9. The van der Waals surface area contributed by atoms with E-state index in [1.165, 1.54) is 76.7 Å². The highest BCUT2D eigenvalue weighted by molar-refractivity contribution is 6.18. The first-order valence-electron chi connectivity index (χ1n) is 19.9. The second-order valence-electron chi connectivity index (χ2n) is 15.0. The SMILES string of the molecule is c1ccc(-c2ccc(N(c3ccc(-c4ccc5ccccc5c4)cc3)c3cccc(-c4cccc5c4c4cc6ccccc6cc4n5-c4ccccc4)c3)cc2)cc1. The van der Waals surface area contributed by atoms with Gasteiger partial charge in [-0.15, -0.1) is 0 Å². The van der Waals surface area contributed by atoms with Crippen molar-refractivity contribution in [3.05, 3.63) is 231 Å². The van der Waals surface area contributed by atoms with E-state index in [0.717, 1.165) is 22.7 Å². The van der Waals surface area contributed by atoms with Crippen LogP contribution in [0.3, 0.4) is 0 Å². The molecule has 0 radical (unpaired) electrons. The third-order valence-electron chi connectivity index (χ3n) is 11.5. The Morgan fingerprint density at radius 3 is 1.53 bits per heavy atom. The molecule has 10 aromatic carbocycles. The Morgan fingerprint density at radius 2 is 0.828 bits per heavy atom. The zero-order chi connectivity index (χ0) is 38.4. The molecular formula is C56H38N2. The maximum atomic E-state index is 2.42. The van der Waals surface area contributed by atoms with E-state index in [1.807, 2.05) is 0 Å². The summed E-state index contributed by atoms with van der Waals surface area (Å²) in [6.07, 6.45) is 0. The van der Waals surface area contributed by atoms with E-state index in [1.54, 1.807) is 0 Å². The summed E-state index contributed by atoms with van der Waals surface area (Å²) in [6.45, 7) is 0.